The third kappa shape index (κ3) is 5.31. The number of carbonyl (C=O) groups is 2. The molecule has 0 radical (unpaired) electrons. The zero-order valence-corrected chi connectivity index (χ0v) is 13.3. The van der Waals surface area contributed by atoms with Gasteiger partial charge in [0.2, 0.25) is 0 Å². The van der Waals surface area contributed by atoms with E-state index in [2.05, 4.69) is 0 Å². The molecule has 25 heavy (non-hydrogen) atoms. The molecule has 0 unspecified atom stereocenters. The molecule has 0 fully saturated rings. The maximum absolute atomic E-state index is 11.9. The number of nitro benzene ring substituents is 1. The topological polar surface area (TPSA) is 105 Å². The number of hydrogen-bond acceptors (Lipinski definition) is 7. The predicted octanol–water partition coefficient (Wildman–Crippen LogP) is 2.41. The van der Waals surface area contributed by atoms with E-state index in [-0.39, 0.29) is 17.2 Å². The van der Waals surface area contributed by atoms with Crippen LogP contribution < -0.4 is 9.47 Å². The summed E-state index contributed by atoms with van der Waals surface area (Å²) >= 11 is 0. The van der Waals surface area contributed by atoms with Crippen molar-refractivity contribution >= 4 is 17.4 Å². The van der Waals surface area contributed by atoms with Gasteiger partial charge in [0, 0.05) is 11.6 Å². The average Bonchev–Trinajstić information content (AvgIpc) is 2.64. The molecule has 0 spiro atoms. The van der Waals surface area contributed by atoms with Gasteiger partial charge in [-0.3, -0.25) is 14.9 Å². The number of nitrogens with zero attached hydrogens (tertiary/aromatic N) is 1. The van der Waals surface area contributed by atoms with Crippen LogP contribution in [0.1, 0.15) is 10.4 Å². The number of nitro groups is 1. The van der Waals surface area contributed by atoms with Crippen LogP contribution in [0.3, 0.4) is 0 Å². The highest BCUT2D eigenvalue weighted by Crippen LogP contribution is 2.19. The van der Waals surface area contributed by atoms with Crippen LogP contribution in [0.2, 0.25) is 0 Å². The lowest BCUT2D eigenvalue weighted by Gasteiger charge is -2.07. The number of non-ortho nitro benzene ring substituents is 1. The largest absolute Gasteiger partial charge is 0.497 e. The standard InChI is InChI=1S/C17H15NO7/c1-23-14-7-5-12(6-8-14)16(19)10-25-17(20)11-24-15-4-2-3-13(9-15)18(21)22/h2-9H,10-11H2,1H3. The van der Waals surface area contributed by atoms with Crippen LogP contribution in [0, 0.1) is 10.1 Å². The number of ketones is 1. The van der Waals surface area contributed by atoms with Gasteiger partial charge in [-0.05, 0) is 30.3 Å². The number of Topliss-reactive ketones (excluding diaryl/α,β-unsaturated/α-hetero) is 1. The summed E-state index contributed by atoms with van der Waals surface area (Å²) in [4.78, 5) is 33.6. The first-order chi connectivity index (χ1) is 12.0. The molecule has 0 N–H and O–H groups in total. The zero-order valence-electron chi connectivity index (χ0n) is 13.3. The van der Waals surface area contributed by atoms with E-state index >= 15 is 0 Å². The number of methoxy groups -OCH3 is 1. The molecule has 2 rings (SSSR count). The lowest BCUT2D eigenvalue weighted by molar-refractivity contribution is -0.384. The second kappa shape index (κ2) is 8.44. The van der Waals surface area contributed by atoms with Crippen LogP contribution in [0.4, 0.5) is 5.69 Å². The van der Waals surface area contributed by atoms with Gasteiger partial charge in [0.25, 0.3) is 5.69 Å². The fourth-order valence-corrected chi connectivity index (χ4v) is 1.88. The molecule has 8 heteroatoms. The summed E-state index contributed by atoms with van der Waals surface area (Å²) in [6.07, 6.45) is 0. The van der Waals surface area contributed by atoms with Gasteiger partial charge in [0.1, 0.15) is 11.5 Å². The van der Waals surface area contributed by atoms with Crippen molar-refractivity contribution in [1.82, 2.24) is 0 Å². The Morgan fingerprint density at radius 3 is 2.40 bits per heavy atom. The second-order valence-corrected chi connectivity index (χ2v) is 4.86. The Bertz CT molecular complexity index is 771. The third-order valence-electron chi connectivity index (χ3n) is 3.16. The van der Waals surface area contributed by atoms with Crippen LogP contribution in [0.15, 0.2) is 48.5 Å². The van der Waals surface area contributed by atoms with Gasteiger partial charge < -0.3 is 14.2 Å². The molecule has 0 aliphatic carbocycles. The molecule has 130 valence electrons. The van der Waals surface area contributed by atoms with Crippen molar-refractivity contribution in [3.05, 3.63) is 64.2 Å². The van der Waals surface area contributed by atoms with Crippen LogP contribution in [0.5, 0.6) is 11.5 Å². The van der Waals surface area contributed by atoms with Crippen LogP contribution in [0.25, 0.3) is 0 Å². The van der Waals surface area contributed by atoms with Gasteiger partial charge in [-0.25, -0.2) is 4.79 Å². The van der Waals surface area contributed by atoms with Crippen molar-refractivity contribution in [3.8, 4) is 11.5 Å². The summed E-state index contributed by atoms with van der Waals surface area (Å²) in [5.74, 6) is -0.355. The molecule has 0 atom stereocenters. The average molecular weight is 345 g/mol. The highest BCUT2D eigenvalue weighted by molar-refractivity contribution is 5.98. The molecular weight excluding hydrogens is 330 g/mol. The highest BCUT2D eigenvalue weighted by atomic mass is 16.6. The first-order valence-electron chi connectivity index (χ1n) is 7.19. The van der Waals surface area contributed by atoms with E-state index in [0.717, 1.165) is 0 Å². The van der Waals surface area contributed by atoms with Crippen molar-refractivity contribution < 1.29 is 28.7 Å². The first-order valence-corrected chi connectivity index (χ1v) is 7.19. The quantitative estimate of drug-likeness (QED) is 0.313. The van der Waals surface area contributed by atoms with Crippen molar-refractivity contribution in [2.45, 2.75) is 0 Å². The first kappa shape index (κ1) is 17.9. The smallest absolute Gasteiger partial charge is 0.344 e. The molecule has 0 amide bonds. The van der Waals surface area contributed by atoms with E-state index in [1.54, 1.807) is 24.3 Å². The number of rotatable bonds is 8. The van der Waals surface area contributed by atoms with Crippen molar-refractivity contribution in [1.29, 1.82) is 0 Å². The minimum atomic E-state index is -0.756. The Kier molecular flexibility index (Phi) is 6.05. The molecule has 0 bridgehead atoms. The fourth-order valence-electron chi connectivity index (χ4n) is 1.88. The van der Waals surface area contributed by atoms with E-state index in [9.17, 15) is 19.7 Å². The maximum atomic E-state index is 11.9. The Labute approximate surface area is 143 Å². The van der Waals surface area contributed by atoms with E-state index in [1.165, 1.54) is 31.4 Å². The number of ether oxygens (including phenoxy) is 3. The van der Waals surface area contributed by atoms with Gasteiger partial charge >= 0.3 is 5.97 Å². The number of benzene rings is 2. The summed E-state index contributed by atoms with van der Waals surface area (Å²) in [5.41, 5.74) is 0.230. The number of carbonyl (C=O) groups excluding carboxylic acids is 2. The van der Waals surface area contributed by atoms with Crippen LogP contribution in [-0.4, -0.2) is 37.0 Å². The Balaban J connectivity index is 1.81. The summed E-state index contributed by atoms with van der Waals surface area (Å²) in [6.45, 7) is -0.888. The second-order valence-electron chi connectivity index (χ2n) is 4.86. The third-order valence-corrected chi connectivity index (χ3v) is 3.16. The molecule has 0 saturated carbocycles. The molecule has 2 aromatic carbocycles. The Morgan fingerprint density at radius 2 is 1.76 bits per heavy atom. The number of esters is 1. The van der Waals surface area contributed by atoms with E-state index < -0.39 is 24.1 Å². The van der Waals surface area contributed by atoms with Gasteiger partial charge in [0.15, 0.2) is 19.0 Å². The Morgan fingerprint density at radius 1 is 1.04 bits per heavy atom. The summed E-state index contributed by atoms with van der Waals surface area (Å²) < 4.78 is 14.9. The Hall–Kier alpha value is -3.42. The minimum Gasteiger partial charge on any atom is -0.497 e. The van der Waals surface area contributed by atoms with E-state index in [1.807, 2.05) is 0 Å². The molecular formula is C17H15NO7. The van der Waals surface area contributed by atoms with Crippen LogP contribution in [-0.2, 0) is 9.53 Å². The van der Waals surface area contributed by atoms with Crippen LogP contribution >= 0.6 is 0 Å². The molecule has 8 nitrogen and oxygen atoms in total. The number of hydrogen-bond donors (Lipinski definition) is 0. The monoisotopic (exact) mass is 345 g/mol. The van der Waals surface area contributed by atoms with E-state index in [0.29, 0.717) is 11.3 Å². The predicted molar refractivity (Wildman–Crippen MR) is 86.9 cm³/mol. The fraction of sp³-hybridized carbons (Fsp3) is 0.176. The lowest BCUT2D eigenvalue weighted by Crippen LogP contribution is -2.19. The molecule has 2 aromatic rings. The van der Waals surface area contributed by atoms with Crippen molar-refractivity contribution in [3.63, 3.8) is 0 Å². The molecule has 0 saturated heterocycles. The van der Waals surface area contributed by atoms with E-state index in [4.69, 9.17) is 14.2 Å². The van der Waals surface area contributed by atoms with Gasteiger partial charge in [-0.1, -0.05) is 6.07 Å². The normalized spacial score (nSPS) is 9.96. The lowest BCUT2D eigenvalue weighted by atomic mass is 10.1. The molecule has 0 aliphatic rings. The summed E-state index contributed by atoms with van der Waals surface area (Å²) in [5, 5.41) is 10.7. The van der Waals surface area contributed by atoms with Gasteiger partial charge in [0.05, 0.1) is 18.1 Å². The van der Waals surface area contributed by atoms with Gasteiger partial charge in [-0.15, -0.1) is 0 Å². The molecule has 0 aliphatic heterocycles. The SMILES string of the molecule is COc1ccc(C(=O)COC(=O)COc2cccc([N+](=O)[O-])c2)cc1. The van der Waals surface area contributed by atoms with Gasteiger partial charge in [-0.2, -0.15) is 0 Å². The zero-order chi connectivity index (χ0) is 18.2. The summed E-state index contributed by atoms with van der Waals surface area (Å²) in [6, 6.07) is 11.8. The minimum absolute atomic E-state index is 0.152. The van der Waals surface area contributed by atoms with Crippen molar-refractivity contribution in [2.24, 2.45) is 0 Å². The summed E-state index contributed by atoms with van der Waals surface area (Å²) in [7, 11) is 1.51. The highest BCUT2D eigenvalue weighted by Gasteiger charge is 2.12. The molecule has 0 aromatic heterocycles. The van der Waals surface area contributed by atoms with Crippen molar-refractivity contribution in [2.75, 3.05) is 20.3 Å². The molecule has 0 heterocycles. The maximum Gasteiger partial charge on any atom is 0.344 e.